The third kappa shape index (κ3) is 4.56. The minimum absolute atomic E-state index is 0.267. The lowest BCUT2D eigenvalue weighted by molar-refractivity contribution is 0.0270. The van der Waals surface area contributed by atoms with Crippen molar-refractivity contribution in [3.63, 3.8) is 0 Å². The van der Waals surface area contributed by atoms with E-state index < -0.39 is 5.60 Å². The SMILES string of the molecule is COc1ccc(-c2nc3ccc(C4=CCN(C(=O)OC(C)(C)C)CC4)cc3[nH]2)cc1OC. The van der Waals surface area contributed by atoms with E-state index >= 15 is 0 Å². The Labute approximate surface area is 188 Å². The second kappa shape index (κ2) is 8.57. The van der Waals surface area contributed by atoms with Gasteiger partial charge in [0, 0.05) is 18.7 Å². The van der Waals surface area contributed by atoms with Crippen LogP contribution in [0.25, 0.3) is 28.0 Å². The van der Waals surface area contributed by atoms with Gasteiger partial charge in [-0.2, -0.15) is 0 Å². The fraction of sp³-hybridized carbons (Fsp3) is 0.360. The fourth-order valence-corrected chi connectivity index (χ4v) is 3.75. The predicted molar refractivity (Wildman–Crippen MR) is 125 cm³/mol. The summed E-state index contributed by atoms with van der Waals surface area (Å²) in [5.41, 5.74) is 4.63. The molecule has 7 heteroatoms. The van der Waals surface area contributed by atoms with Crippen molar-refractivity contribution in [1.29, 1.82) is 0 Å². The number of amides is 1. The van der Waals surface area contributed by atoms with E-state index in [0.29, 0.717) is 24.6 Å². The molecule has 0 saturated heterocycles. The van der Waals surface area contributed by atoms with E-state index in [4.69, 9.17) is 19.2 Å². The number of hydrogen-bond acceptors (Lipinski definition) is 5. The van der Waals surface area contributed by atoms with Crippen LogP contribution in [0.1, 0.15) is 32.8 Å². The molecule has 0 radical (unpaired) electrons. The van der Waals surface area contributed by atoms with Crippen LogP contribution in [0.2, 0.25) is 0 Å². The van der Waals surface area contributed by atoms with Crippen molar-refractivity contribution in [3.8, 4) is 22.9 Å². The van der Waals surface area contributed by atoms with Gasteiger partial charge in [-0.1, -0.05) is 12.1 Å². The Morgan fingerprint density at radius 3 is 2.44 bits per heavy atom. The van der Waals surface area contributed by atoms with Crippen LogP contribution in [0.3, 0.4) is 0 Å². The van der Waals surface area contributed by atoms with Gasteiger partial charge in [0.05, 0.1) is 25.3 Å². The zero-order chi connectivity index (χ0) is 22.9. The molecule has 7 nitrogen and oxygen atoms in total. The van der Waals surface area contributed by atoms with Crippen LogP contribution in [0.15, 0.2) is 42.5 Å². The number of aromatic nitrogens is 2. The Balaban J connectivity index is 1.55. The summed E-state index contributed by atoms with van der Waals surface area (Å²) in [4.78, 5) is 22.2. The van der Waals surface area contributed by atoms with Crippen LogP contribution in [0.4, 0.5) is 4.79 Å². The fourth-order valence-electron chi connectivity index (χ4n) is 3.75. The van der Waals surface area contributed by atoms with Gasteiger partial charge < -0.3 is 24.1 Å². The highest BCUT2D eigenvalue weighted by Crippen LogP contribution is 2.33. The summed E-state index contributed by atoms with van der Waals surface area (Å²) in [6.07, 6.45) is 2.61. The van der Waals surface area contributed by atoms with Crippen LogP contribution < -0.4 is 9.47 Å². The van der Waals surface area contributed by atoms with Crippen molar-refractivity contribution in [3.05, 3.63) is 48.0 Å². The first-order valence-electron chi connectivity index (χ1n) is 10.7. The summed E-state index contributed by atoms with van der Waals surface area (Å²) in [5, 5.41) is 0. The summed E-state index contributed by atoms with van der Waals surface area (Å²) < 4.78 is 16.2. The smallest absolute Gasteiger partial charge is 0.410 e. The number of methoxy groups -OCH3 is 2. The topological polar surface area (TPSA) is 76.7 Å². The third-order valence-corrected chi connectivity index (χ3v) is 5.37. The van der Waals surface area contributed by atoms with Crippen LogP contribution in [0.5, 0.6) is 11.5 Å². The van der Waals surface area contributed by atoms with Crippen molar-refractivity contribution in [1.82, 2.24) is 14.9 Å². The van der Waals surface area contributed by atoms with Gasteiger partial charge in [0.25, 0.3) is 0 Å². The number of imidazole rings is 1. The molecule has 2 heterocycles. The van der Waals surface area contributed by atoms with Gasteiger partial charge in [-0.3, -0.25) is 0 Å². The van der Waals surface area contributed by atoms with E-state index in [2.05, 4.69) is 23.2 Å². The molecule has 0 saturated carbocycles. The maximum Gasteiger partial charge on any atom is 0.410 e. The van der Waals surface area contributed by atoms with Gasteiger partial charge in [0.2, 0.25) is 0 Å². The third-order valence-electron chi connectivity index (χ3n) is 5.37. The summed E-state index contributed by atoms with van der Waals surface area (Å²) >= 11 is 0. The number of benzene rings is 2. The highest BCUT2D eigenvalue weighted by molar-refractivity contribution is 5.84. The number of nitrogens with zero attached hydrogens (tertiary/aromatic N) is 2. The number of carbonyl (C=O) groups is 1. The van der Waals surface area contributed by atoms with E-state index in [1.165, 1.54) is 5.57 Å². The number of ether oxygens (including phenoxy) is 3. The molecule has 1 N–H and O–H groups in total. The molecule has 1 aliphatic heterocycles. The molecule has 1 aromatic heterocycles. The molecular formula is C25H29N3O4. The number of carbonyl (C=O) groups excluding carboxylic acids is 1. The lowest BCUT2D eigenvalue weighted by atomic mass is 9.99. The summed E-state index contributed by atoms with van der Waals surface area (Å²) in [6.45, 7) is 6.82. The molecule has 0 atom stereocenters. The average Bonchev–Trinajstić information content (AvgIpc) is 3.21. The molecule has 1 aliphatic rings. The number of nitrogens with one attached hydrogen (secondary N) is 1. The molecule has 32 heavy (non-hydrogen) atoms. The standard InChI is InChI=1S/C25H29N3O4/c1-25(2,3)32-24(29)28-12-10-16(11-13-28)17-6-8-19-20(14-17)27-23(26-19)18-7-9-21(30-4)22(15-18)31-5/h6-10,14-15H,11-13H2,1-5H3,(H,26,27). The molecule has 168 valence electrons. The first kappa shape index (κ1) is 21.7. The van der Waals surface area contributed by atoms with Crippen LogP contribution in [-0.4, -0.2) is 53.9 Å². The minimum atomic E-state index is -0.488. The maximum atomic E-state index is 12.3. The normalized spacial score (nSPS) is 14.3. The van der Waals surface area contributed by atoms with Crippen molar-refractivity contribution >= 4 is 22.7 Å². The zero-order valence-electron chi connectivity index (χ0n) is 19.2. The van der Waals surface area contributed by atoms with Gasteiger partial charge in [-0.25, -0.2) is 9.78 Å². The lowest BCUT2D eigenvalue weighted by Gasteiger charge is -2.29. The van der Waals surface area contributed by atoms with E-state index in [0.717, 1.165) is 34.4 Å². The Bertz CT molecular complexity index is 1170. The quantitative estimate of drug-likeness (QED) is 0.604. The highest BCUT2D eigenvalue weighted by Gasteiger charge is 2.24. The summed E-state index contributed by atoms with van der Waals surface area (Å²) in [6, 6.07) is 11.9. The number of fused-ring (bicyclic) bond motifs is 1. The average molecular weight is 436 g/mol. The molecule has 2 aromatic carbocycles. The Morgan fingerprint density at radius 1 is 1.03 bits per heavy atom. The molecule has 0 bridgehead atoms. The van der Waals surface area contributed by atoms with Crippen LogP contribution in [0, 0.1) is 0 Å². The lowest BCUT2D eigenvalue weighted by Crippen LogP contribution is -2.39. The van der Waals surface area contributed by atoms with Crippen molar-refractivity contribution in [2.24, 2.45) is 0 Å². The Hall–Kier alpha value is -3.48. The van der Waals surface area contributed by atoms with E-state index in [9.17, 15) is 4.79 Å². The molecule has 0 spiro atoms. The monoisotopic (exact) mass is 435 g/mol. The highest BCUT2D eigenvalue weighted by atomic mass is 16.6. The van der Waals surface area contributed by atoms with Gasteiger partial charge in [0.1, 0.15) is 11.4 Å². The Morgan fingerprint density at radius 2 is 1.78 bits per heavy atom. The minimum Gasteiger partial charge on any atom is -0.493 e. The number of aromatic amines is 1. The molecule has 0 unspecified atom stereocenters. The second-order valence-electron chi connectivity index (χ2n) is 8.79. The molecule has 0 aliphatic carbocycles. The predicted octanol–water partition coefficient (Wildman–Crippen LogP) is 5.27. The summed E-state index contributed by atoms with van der Waals surface area (Å²) in [7, 11) is 3.24. The van der Waals surface area contributed by atoms with Crippen LogP contribution in [-0.2, 0) is 4.74 Å². The molecule has 1 amide bonds. The van der Waals surface area contributed by atoms with Gasteiger partial charge >= 0.3 is 6.09 Å². The Kier molecular flexibility index (Phi) is 5.82. The molecule has 0 fully saturated rings. The summed E-state index contributed by atoms with van der Waals surface area (Å²) in [5.74, 6) is 2.11. The van der Waals surface area contributed by atoms with Crippen LogP contribution >= 0.6 is 0 Å². The van der Waals surface area contributed by atoms with Gasteiger partial charge in [-0.15, -0.1) is 0 Å². The second-order valence-corrected chi connectivity index (χ2v) is 8.79. The van der Waals surface area contributed by atoms with Crippen molar-refractivity contribution < 1.29 is 19.0 Å². The zero-order valence-corrected chi connectivity index (χ0v) is 19.2. The molecule has 4 rings (SSSR count). The number of H-pyrrole nitrogens is 1. The van der Waals surface area contributed by atoms with Crippen molar-refractivity contribution in [2.45, 2.75) is 32.8 Å². The van der Waals surface area contributed by atoms with Gasteiger partial charge in [0.15, 0.2) is 11.5 Å². The van der Waals surface area contributed by atoms with E-state index in [-0.39, 0.29) is 6.09 Å². The van der Waals surface area contributed by atoms with E-state index in [1.54, 1.807) is 19.1 Å². The number of hydrogen-bond donors (Lipinski definition) is 1. The molecular weight excluding hydrogens is 406 g/mol. The van der Waals surface area contributed by atoms with Crippen molar-refractivity contribution in [2.75, 3.05) is 27.3 Å². The van der Waals surface area contributed by atoms with Gasteiger partial charge in [-0.05, 0) is 68.7 Å². The van der Waals surface area contributed by atoms with E-state index in [1.807, 2.05) is 45.0 Å². The first-order chi connectivity index (χ1) is 15.3. The first-order valence-corrected chi connectivity index (χ1v) is 10.7. The number of rotatable bonds is 4. The maximum absolute atomic E-state index is 12.3. The molecule has 3 aromatic rings. The largest absolute Gasteiger partial charge is 0.493 e.